The van der Waals surface area contributed by atoms with Crippen molar-refractivity contribution in [2.45, 2.75) is 71.9 Å². The van der Waals surface area contributed by atoms with Crippen LogP contribution in [0.3, 0.4) is 0 Å². The molecule has 1 atom stereocenters. The van der Waals surface area contributed by atoms with Crippen molar-refractivity contribution in [3.63, 3.8) is 0 Å². The zero-order valence-corrected chi connectivity index (χ0v) is 18.2. The molecular weight excluding hydrogens is 382 g/mol. The van der Waals surface area contributed by atoms with E-state index in [9.17, 15) is 14.4 Å². The lowest BCUT2D eigenvalue weighted by atomic mass is 9.89. The van der Waals surface area contributed by atoms with Gasteiger partial charge < -0.3 is 10.1 Å². The number of urea groups is 1. The smallest absolute Gasteiger partial charge is 0.339 e. The molecule has 2 aromatic rings. The van der Waals surface area contributed by atoms with Crippen LogP contribution in [0.2, 0.25) is 0 Å². The van der Waals surface area contributed by atoms with E-state index in [-0.39, 0.29) is 0 Å². The molecule has 0 radical (unpaired) electrons. The van der Waals surface area contributed by atoms with Crippen LogP contribution in [-0.4, -0.2) is 34.5 Å². The maximum Gasteiger partial charge on any atom is 0.339 e. The molecule has 7 heteroatoms. The summed E-state index contributed by atoms with van der Waals surface area (Å²) < 4.78 is 5.48. The average Bonchev–Trinajstić information content (AvgIpc) is 2.64. The first-order chi connectivity index (χ1) is 14.0. The van der Waals surface area contributed by atoms with Crippen LogP contribution >= 0.6 is 0 Å². The van der Waals surface area contributed by atoms with Gasteiger partial charge in [0.2, 0.25) is 0 Å². The van der Waals surface area contributed by atoms with Gasteiger partial charge in [-0.25, -0.2) is 9.59 Å². The standard InChI is InChI=1S/C23H29N3O4/c1-13-10-11-18-16(12-13)19(15-8-6-7-9-17(15)24-18)21(28)30-14(2)20(27)25-22(29)26-23(3,4)5/h10-12,14H,6-9H2,1-5H3,(H2,25,26,27,29). The molecule has 2 N–H and O–H groups in total. The van der Waals surface area contributed by atoms with Gasteiger partial charge in [0, 0.05) is 16.6 Å². The van der Waals surface area contributed by atoms with E-state index in [1.807, 2.05) is 25.1 Å². The summed E-state index contributed by atoms with van der Waals surface area (Å²) in [5.74, 6) is -1.24. The molecule has 1 aromatic heterocycles. The first-order valence-electron chi connectivity index (χ1n) is 10.3. The van der Waals surface area contributed by atoms with Crippen molar-refractivity contribution in [2.75, 3.05) is 0 Å². The van der Waals surface area contributed by atoms with E-state index in [2.05, 4.69) is 10.6 Å². The highest BCUT2D eigenvalue weighted by atomic mass is 16.5. The highest BCUT2D eigenvalue weighted by molar-refractivity contribution is 6.06. The van der Waals surface area contributed by atoms with Crippen LogP contribution in [0.5, 0.6) is 0 Å². The number of nitrogens with zero attached hydrogens (tertiary/aromatic N) is 1. The third-order valence-corrected chi connectivity index (χ3v) is 5.00. The van der Waals surface area contributed by atoms with Crippen LogP contribution in [0.25, 0.3) is 10.9 Å². The van der Waals surface area contributed by atoms with Gasteiger partial charge in [-0.2, -0.15) is 0 Å². The van der Waals surface area contributed by atoms with E-state index in [1.54, 1.807) is 20.8 Å². The van der Waals surface area contributed by atoms with Crippen LogP contribution < -0.4 is 10.6 Å². The summed E-state index contributed by atoms with van der Waals surface area (Å²) in [5.41, 5.74) is 3.58. The maximum atomic E-state index is 13.1. The molecule has 160 valence electrons. The van der Waals surface area contributed by atoms with E-state index in [0.717, 1.165) is 53.4 Å². The monoisotopic (exact) mass is 411 g/mol. The normalized spacial score (nSPS) is 14.6. The molecule has 0 aliphatic heterocycles. The Morgan fingerprint density at radius 2 is 1.83 bits per heavy atom. The van der Waals surface area contributed by atoms with Gasteiger partial charge in [-0.15, -0.1) is 0 Å². The molecule has 0 fully saturated rings. The summed E-state index contributed by atoms with van der Waals surface area (Å²) in [4.78, 5) is 42.2. The molecule has 1 aliphatic rings. The lowest BCUT2D eigenvalue weighted by Gasteiger charge is -2.22. The van der Waals surface area contributed by atoms with Gasteiger partial charge in [-0.05, 0) is 78.0 Å². The highest BCUT2D eigenvalue weighted by Crippen LogP contribution is 2.30. The molecule has 1 unspecified atom stereocenters. The molecular formula is C23H29N3O4. The molecule has 1 aliphatic carbocycles. The summed E-state index contributed by atoms with van der Waals surface area (Å²) in [5, 5.41) is 5.60. The highest BCUT2D eigenvalue weighted by Gasteiger charge is 2.27. The first kappa shape index (κ1) is 21.7. The van der Waals surface area contributed by atoms with Crippen molar-refractivity contribution in [3.8, 4) is 0 Å². The molecule has 0 bridgehead atoms. The number of fused-ring (bicyclic) bond motifs is 2. The zero-order chi connectivity index (χ0) is 22.1. The molecule has 0 saturated carbocycles. The van der Waals surface area contributed by atoms with Crippen molar-refractivity contribution in [2.24, 2.45) is 0 Å². The van der Waals surface area contributed by atoms with Gasteiger partial charge in [0.05, 0.1) is 11.1 Å². The topological polar surface area (TPSA) is 97.4 Å². The van der Waals surface area contributed by atoms with Gasteiger partial charge in [0.15, 0.2) is 6.10 Å². The summed E-state index contributed by atoms with van der Waals surface area (Å²) in [6.07, 6.45) is 2.48. The third-order valence-electron chi connectivity index (χ3n) is 5.00. The zero-order valence-electron chi connectivity index (χ0n) is 18.2. The fourth-order valence-electron chi connectivity index (χ4n) is 3.63. The number of pyridine rings is 1. The number of nitrogens with one attached hydrogen (secondary N) is 2. The Bertz CT molecular complexity index is 1010. The number of aromatic nitrogens is 1. The van der Waals surface area contributed by atoms with Gasteiger partial charge >= 0.3 is 12.0 Å². The van der Waals surface area contributed by atoms with Crippen LogP contribution in [0.4, 0.5) is 4.79 Å². The summed E-state index contributed by atoms with van der Waals surface area (Å²) in [7, 11) is 0. The minimum Gasteiger partial charge on any atom is -0.449 e. The number of ether oxygens (including phenoxy) is 1. The molecule has 1 aromatic carbocycles. The first-order valence-corrected chi connectivity index (χ1v) is 10.3. The fraction of sp³-hybridized carbons (Fsp3) is 0.478. The van der Waals surface area contributed by atoms with Crippen molar-refractivity contribution in [1.29, 1.82) is 0 Å². The van der Waals surface area contributed by atoms with Gasteiger partial charge in [-0.1, -0.05) is 11.6 Å². The van der Waals surface area contributed by atoms with Crippen molar-refractivity contribution in [3.05, 3.63) is 40.6 Å². The molecule has 3 rings (SSSR count). The molecule has 0 spiro atoms. The Morgan fingerprint density at radius 1 is 1.13 bits per heavy atom. The molecule has 3 amide bonds. The molecule has 1 heterocycles. The Morgan fingerprint density at radius 3 is 2.53 bits per heavy atom. The van der Waals surface area contributed by atoms with Crippen LogP contribution in [0, 0.1) is 6.92 Å². The van der Waals surface area contributed by atoms with Gasteiger partial charge in [-0.3, -0.25) is 15.1 Å². The van der Waals surface area contributed by atoms with Crippen LogP contribution in [0.15, 0.2) is 18.2 Å². The summed E-state index contributed by atoms with van der Waals surface area (Å²) in [6.45, 7) is 8.83. The maximum absolute atomic E-state index is 13.1. The minimum atomic E-state index is -1.12. The number of carbonyl (C=O) groups is 3. The van der Waals surface area contributed by atoms with E-state index < -0.39 is 29.6 Å². The third kappa shape index (κ3) is 4.96. The SMILES string of the molecule is Cc1ccc2nc3c(c(C(=O)OC(C)C(=O)NC(=O)NC(C)(C)C)c2c1)CCCC3. The number of esters is 1. The second-order valence-corrected chi connectivity index (χ2v) is 8.88. The number of amides is 3. The van der Waals surface area contributed by atoms with Crippen molar-refractivity contribution < 1.29 is 19.1 Å². The lowest BCUT2D eigenvalue weighted by Crippen LogP contribution is -2.50. The predicted octanol–water partition coefficient (Wildman–Crippen LogP) is 3.59. The number of aryl methyl sites for hydroxylation is 2. The Balaban J connectivity index is 1.85. The minimum absolute atomic E-state index is 0.484. The van der Waals surface area contributed by atoms with Crippen LogP contribution in [0.1, 0.15) is 67.7 Å². The van der Waals surface area contributed by atoms with Gasteiger partial charge in [0.1, 0.15) is 0 Å². The van der Waals surface area contributed by atoms with E-state index >= 15 is 0 Å². The van der Waals surface area contributed by atoms with Crippen LogP contribution in [-0.2, 0) is 22.4 Å². The summed E-state index contributed by atoms with van der Waals surface area (Å²) >= 11 is 0. The molecule has 7 nitrogen and oxygen atoms in total. The number of rotatable bonds is 3. The van der Waals surface area contributed by atoms with Crippen molar-refractivity contribution in [1.82, 2.24) is 15.6 Å². The number of carbonyl (C=O) groups excluding carboxylic acids is 3. The molecule has 0 saturated heterocycles. The average molecular weight is 412 g/mol. The van der Waals surface area contributed by atoms with E-state index in [4.69, 9.17) is 9.72 Å². The lowest BCUT2D eigenvalue weighted by molar-refractivity contribution is -0.127. The number of hydrogen-bond donors (Lipinski definition) is 2. The number of imide groups is 1. The Hall–Kier alpha value is -2.96. The Labute approximate surface area is 176 Å². The van der Waals surface area contributed by atoms with E-state index in [1.165, 1.54) is 6.92 Å². The van der Waals surface area contributed by atoms with E-state index in [0.29, 0.717) is 5.56 Å². The van der Waals surface area contributed by atoms with Gasteiger partial charge in [0.25, 0.3) is 5.91 Å². The second-order valence-electron chi connectivity index (χ2n) is 8.88. The largest absolute Gasteiger partial charge is 0.449 e. The van der Waals surface area contributed by atoms with Crippen molar-refractivity contribution >= 4 is 28.8 Å². The molecule has 30 heavy (non-hydrogen) atoms. The quantitative estimate of drug-likeness (QED) is 0.752. The predicted molar refractivity (Wildman–Crippen MR) is 114 cm³/mol. The number of benzene rings is 1. The fourth-order valence-corrected chi connectivity index (χ4v) is 3.63. The Kier molecular flexibility index (Phi) is 6.10. The second kappa shape index (κ2) is 8.42. The number of hydrogen-bond acceptors (Lipinski definition) is 5. The summed E-state index contributed by atoms with van der Waals surface area (Å²) in [6, 6.07) is 5.17.